The van der Waals surface area contributed by atoms with Crippen LogP contribution in [-0.2, 0) is 6.54 Å². The summed E-state index contributed by atoms with van der Waals surface area (Å²) in [7, 11) is 1.65. The Bertz CT molecular complexity index is 825. The highest BCUT2D eigenvalue weighted by atomic mass is 32.1. The Morgan fingerprint density at radius 1 is 1.27 bits per heavy atom. The standard InChI is InChI=1S/C15H16N4O2S/c1-3-18(10-11-4-6-12(21-2)7-5-11)15-17-19-13(20)8-9-16-14(19)22-15/h4-9H,3,10H2,1-2H3. The van der Waals surface area contributed by atoms with Crippen LogP contribution in [0.2, 0.25) is 0 Å². The van der Waals surface area contributed by atoms with E-state index >= 15 is 0 Å². The van der Waals surface area contributed by atoms with Crippen LogP contribution in [0.1, 0.15) is 12.5 Å². The van der Waals surface area contributed by atoms with Gasteiger partial charge in [0.1, 0.15) is 5.75 Å². The van der Waals surface area contributed by atoms with Crippen molar-refractivity contribution in [2.75, 3.05) is 18.6 Å². The third-order valence-electron chi connectivity index (χ3n) is 3.34. The molecule has 0 radical (unpaired) electrons. The summed E-state index contributed by atoms with van der Waals surface area (Å²) >= 11 is 1.41. The van der Waals surface area contributed by atoms with Crippen LogP contribution in [0.5, 0.6) is 5.75 Å². The van der Waals surface area contributed by atoms with Gasteiger partial charge in [-0.25, -0.2) is 4.98 Å². The fourth-order valence-corrected chi connectivity index (χ4v) is 3.07. The third kappa shape index (κ3) is 2.80. The summed E-state index contributed by atoms with van der Waals surface area (Å²) in [5.74, 6) is 0.836. The highest BCUT2D eigenvalue weighted by Crippen LogP contribution is 2.23. The summed E-state index contributed by atoms with van der Waals surface area (Å²) < 4.78 is 6.51. The Kier molecular flexibility index (Phi) is 4.06. The minimum atomic E-state index is -0.159. The molecule has 22 heavy (non-hydrogen) atoms. The first-order chi connectivity index (χ1) is 10.7. The molecule has 0 aliphatic rings. The van der Waals surface area contributed by atoms with Crippen LogP contribution in [-0.4, -0.2) is 28.3 Å². The van der Waals surface area contributed by atoms with Crippen molar-refractivity contribution in [3.63, 3.8) is 0 Å². The Balaban J connectivity index is 1.88. The number of aromatic nitrogens is 3. The first-order valence-corrected chi connectivity index (χ1v) is 7.75. The predicted molar refractivity (Wildman–Crippen MR) is 86.9 cm³/mol. The Morgan fingerprint density at radius 3 is 2.68 bits per heavy atom. The molecule has 1 aromatic carbocycles. The van der Waals surface area contributed by atoms with Crippen LogP contribution in [0, 0.1) is 0 Å². The molecule has 2 aromatic heterocycles. The molecule has 0 spiro atoms. The second-order valence-corrected chi connectivity index (χ2v) is 5.66. The van der Waals surface area contributed by atoms with Gasteiger partial charge < -0.3 is 9.64 Å². The van der Waals surface area contributed by atoms with Crippen molar-refractivity contribution >= 4 is 21.4 Å². The summed E-state index contributed by atoms with van der Waals surface area (Å²) in [6.45, 7) is 3.57. The smallest absolute Gasteiger partial charge is 0.275 e. The molecular weight excluding hydrogens is 300 g/mol. The number of fused-ring (bicyclic) bond motifs is 1. The molecular formula is C15H16N4O2S. The molecule has 0 saturated carbocycles. The van der Waals surface area contributed by atoms with Crippen molar-refractivity contribution in [1.29, 1.82) is 0 Å². The van der Waals surface area contributed by atoms with E-state index in [1.54, 1.807) is 7.11 Å². The highest BCUT2D eigenvalue weighted by Gasteiger charge is 2.13. The van der Waals surface area contributed by atoms with Gasteiger partial charge in [-0.05, 0) is 24.6 Å². The maximum Gasteiger partial charge on any atom is 0.275 e. The van der Waals surface area contributed by atoms with E-state index in [0.29, 0.717) is 4.96 Å². The van der Waals surface area contributed by atoms with E-state index in [4.69, 9.17) is 4.74 Å². The molecule has 0 saturated heterocycles. The van der Waals surface area contributed by atoms with Gasteiger partial charge in [0, 0.05) is 25.4 Å². The number of benzene rings is 1. The lowest BCUT2D eigenvalue weighted by Crippen LogP contribution is -2.22. The van der Waals surface area contributed by atoms with Crippen molar-refractivity contribution in [2.24, 2.45) is 0 Å². The van der Waals surface area contributed by atoms with Crippen LogP contribution < -0.4 is 15.2 Å². The predicted octanol–water partition coefficient (Wildman–Crippen LogP) is 2.19. The second kappa shape index (κ2) is 6.15. The maximum atomic E-state index is 11.8. The topological polar surface area (TPSA) is 59.7 Å². The molecule has 0 atom stereocenters. The first-order valence-electron chi connectivity index (χ1n) is 6.94. The Labute approximate surface area is 131 Å². The number of hydrogen-bond donors (Lipinski definition) is 0. The van der Waals surface area contributed by atoms with Crippen LogP contribution >= 0.6 is 11.3 Å². The minimum Gasteiger partial charge on any atom is -0.497 e. The zero-order valence-corrected chi connectivity index (χ0v) is 13.2. The molecule has 0 unspecified atom stereocenters. The van der Waals surface area contributed by atoms with E-state index in [2.05, 4.69) is 21.9 Å². The molecule has 3 rings (SSSR count). The summed E-state index contributed by atoms with van der Waals surface area (Å²) in [6.07, 6.45) is 1.51. The molecule has 0 fully saturated rings. The van der Waals surface area contributed by atoms with Crippen LogP contribution in [0.3, 0.4) is 0 Å². The van der Waals surface area contributed by atoms with Crippen molar-refractivity contribution < 1.29 is 4.74 Å². The summed E-state index contributed by atoms with van der Waals surface area (Å²) in [5.41, 5.74) is 0.996. The number of hydrogen-bond acceptors (Lipinski definition) is 6. The van der Waals surface area contributed by atoms with Crippen molar-refractivity contribution in [3.8, 4) is 5.75 Å². The zero-order chi connectivity index (χ0) is 15.5. The van der Waals surface area contributed by atoms with E-state index in [-0.39, 0.29) is 5.56 Å². The van der Waals surface area contributed by atoms with Gasteiger partial charge in [-0.15, -0.1) is 5.10 Å². The van der Waals surface area contributed by atoms with Gasteiger partial charge in [-0.2, -0.15) is 4.52 Å². The monoisotopic (exact) mass is 316 g/mol. The molecule has 2 heterocycles. The number of anilines is 1. The molecule has 0 bridgehead atoms. The number of nitrogens with zero attached hydrogens (tertiary/aromatic N) is 4. The van der Waals surface area contributed by atoms with E-state index in [1.807, 2.05) is 24.3 Å². The van der Waals surface area contributed by atoms with Gasteiger partial charge >= 0.3 is 0 Å². The van der Waals surface area contributed by atoms with Crippen molar-refractivity contribution in [2.45, 2.75) is 13.5 Å². The first kappa shape index (κ1) is 14.5. The normalized spacial score (nSPS) is 10.8. The molecule has 0 amide bonds. The minimum absolute atomic E-state index is 0.159. The molecule has 0 N–H and O–H groups in total. The fourth-order valence-electron chi connectivity index (χ4n) is 2.13. The van der Waals surface area contributed by atoms with Gasteiger partial charge in [-0.3, -0.25) is 4.79 Å². The lowest BCUT2D eigenvalue weighted by molar-refractivity contribution is 0.414. The van der Waals surface area contributed by atoms with E-state index in [1.165, 1.54) is 28.1 Å². The maximum absolute atomic E-state index is 11.8. The van der Waals surface area contributed by atoms with E-state index in [9.17, 15) is 4.79 Å². The largest absolute Gasteiger partial charge is 0.497 e. The Morgan fingerprint density at radius 2 is 2.05 bits per heavy atom. The SMILES string of the molecule is CCN(Cc1ccc(OC)cc1)c1nn2c(=O)ccnc2s1. The molecule has 7 heteroatoms. The fraction of sp³-hybridized carbons (Fsp3) is 0.267. The van der Waals surface area contributed by atoms with Crippen LogP contribution in [0.15, 0.2) is 41.3 Å². The summed E-state index contributed by atoms with van der Waals surface area (Å²) in [4.78, 5) is 18.7. The Hall–Kier alpha value is -2.41. The second-order valence-electron chi connectivity index (χ2n) is 4.72. The van der Waals surface area contributed by atoms with Gasteiger partial charge in [-0.1, -0.05) is 23.5 Å². The van der Waals surface area contributed by atoms with Gasteiger partial charge in [0.15, 0.2) is 0 Å². The molecule has 6 nitrogen and oxygen atoms in total. The molecule has 3 aromatic rings. The zero-order valence-electron chi connectivity index (χ0n) is 12.4. The van der Waals surface area contributed by atoms with Gasteiger partial charge in [0.05, 0.1) is 7.11 Å². The van der Waals surface area contributed by atoms with E-state index in [0.717, 1.165) is 29.5 Å². The lowest BCUT2D eigenvalue weighted by Gasteiger charge is -2.19. The molecule has 114 valence electrons. The summed E-state index contributed by atoms with van der Waals surface area (Å²) in [5, 5.41) is 5.16. The average molecular weight is 316 g/mol. The molecule has 0 aliphatic carbocycles. The number of rotatable bonds is 5. The van der Waals surface area contributed by atoms with Crippen molar-refractivity contribution in [1.82, 2.24) is 14.6 Å². The van der Waals surface area contributed by atoms with Crippen molar-refractivity contribution in [3.05, 3.63) is 52.4 Å². The molecule has 0 aliphatic heterocycles. The van der Waals surface area contributed by atoms with Gasteiger partial charge in [0.25, 0.3) is 5.56 Å². The van der Waals surface area contributed by atoms with Gasteiger partial charge in [0.2, 0.25) is 10.1 Å². The third-order valence-corrected chi connectivity index (χ3v) is 4.33. The van der Waals surface area contributed by atoms with Crippen LogP contribution in [0.25, 0.3) is 4.96 Å². The summed E-state index contributed by atoms with van der Waals surface area (Å²) in [6, 6.07) is 9.34. The lowest BCUT2D eigenvalue weighted by atomic mass is 10.2. The van der Waals surface area contributed by atoms with Crippen LogP contribution in [0.4, 0.5) is 5.13 Å². The van der Waals surface area contributed by atoms with E-state index < -0.39 is 0 Å². The highest BCUT2D eigenvalue weighted by molar-refractivity contribution is 7.20. The average Bonchev–Trinajstić information content (AvgIpc) is 2.98. The quantitative estimate of drug-likeness (QED) is 0.722. The number of methoxy groups -OCH3 is 1. The number of ether oxygens (including phenoxy) is 1.